The zero-order valence-electron chi connectivity index (χ0n) is 21.3. The van der Waals surface area contributed by atoms with Crippen molar-refractivity contribution in [1.82, 2.24) is 24.8 Å². The maximum absolute atomic E-state index is 12.8. The highest BCUT2D eigenvalue weighted by Gasteiger charge is 2.31. The van der Waals surface area contributed by atoms with E-state index < -0.39 is 0 Å². The number of benzene rings is 1. The lowest BCUT2D eigenvalue weighted by atomic mass is 9.97. The number of hydrazine groups is 1. The summed E-state index contributed by atoms with van der Waals surface area (Å²) in [5, 5.41) is 4.68. The fraction of sp³-hybridized carbons (Fsp3) is 0.500. The average Bonchev–Trinajstić information content (AvgIpc) is 3.18. The van der Waals surface area contributed by atoms with E-state index in [1.54, 1.807) is 7.05 Å². The Labute approximate surface area is 208 Å². The molecule has 9 nitrogen and oxygen atoms in total. The van der Waals surface area contributed by atoms with Crippen LogP contribution in [0.1, 0.15) is 55.0 Å². The number of hydrogen-bond acceptors (Lipinski definition) is 8. The van der Waals surface area contributed by atoms with Gasteiger partial charge in [0.25, 0.3) is 5.91 Å². The number of nitrogens with two attached hydrogens (primary N) is 2. The number of nitrogens with zero attached hydrogens (tertiary/aromatic N) is 5. The van der Waals surface area contributed by atoms with E-state index in [0.29, 0.717) is 18.5 Å². The molecule has 1 saturated heterocycles. The molecule has 1 aromatic heterocycles. The summed E-state index contributed by atoms with van der Waals surface area (Å²) in [6.07, 6.45) is 7.36. The molecule has 1 fully saturated rings. The van der Waals surface area contributed by atoms with Gasteiger partial charge in [0.05, 0.1) is 5.69 Å². The maximum atomic E-state index is 12.8. The van der Waals surface area contributed by atoms with Gasteiger partial charge in [-0.05, 0) is 69.7 Å². The molecular formula is C26H38N8O. The van der Waals surface area contributed by atoms with Gasteiger partial charge in [-0.15, -0.1) is 0 Å². The molecule has 0 radical (unpaired) electrons. The molecule has 5 N–H and O–H groups in total. The van der Waals surface area contributed by atoms with Crippen LogP contribution in [-0.4, -0.2) is 56.4 Å². The standard InChI is InChI=1S/C26H38N8O/c1-17-10-18(2)12-21(11-17)30-26-29-13-20-14-33(16-24(20)31-26)22-6-5-9-34(19(3)7-8-22)25(35)23(27)15-32(4)28/h10-13,15,19,22H,5-9,14,16,27-28H2,1-4H3,(H,29,30,31)/b23-15-/t19-,22-/m1/s1. The molecular weight excluding hydrogens is 440 g/mol. The van der Waals surface area contributed by atoms with E-state index in [-0.39, 0.29) is 17.6 Å². The second-order valence-corrected chi connectivity index (χ2v) is 10.0. The highest BCUT2D eigenvalue weighted by atomic mass is 16.2. The Hall–Kier alpha value is -3.17. The van der Waals surface area contributed by atoms with Gasteiger partial charge in [-0.1, -0.05) is 6.07 Å². The van der Waals surface area contributed by atoms with Gasteiger partial charge in [-0.2, -0.15) is 0 Å². The molecule has 9 heteroatoms. The molecule has 188 valence electrons. The Morgan fingerprint density at radius 3 is 2.63 bits per heavy atom. The molecule has 0 aliphatic carbocycles. The minimum atomic E-state index is -0.138. The highest BCUT2D eigenvalue weighted by Crippen LogP contribution is 2.30. The molecule has 0 saturated carbocycles. The van der Waals surface area contributed by atoms with Crippen molar-refractivity contribution in [2.24, 2.45) is 11.6 Å². The number of aryl methyl sites for hydroxylation is 2. The number of aromatic nitrogens is 2. The average molecular weight is 479 g/mol. The van der Waals surface area contributed by atoms with Gasteiger partial charge >= 0.3 is 0 Å². The van der Waals surface area contributed by atoms with Crippen LogP contribution in [0.2, 0.25) is 0 Å². The zero-order chi connectivity index (χ0) is 25.1. The number of anilines is 2. The second kappa shape index (κ2) is 10.6. The van der Waals surface area contributed by atoms with E-state index in [9.17, 15) is 4.79 Å². The molecule has 0 unspecified atom stereocenters. The SMILES string of the molecule is Cc1cc(C)cc(Nc2ncc3c(n2)CN([C@@H]2CCCN(C(=O)/C(N)=C/N(C)N)[C@H](C)CC2)C3)c1. The van der Waals surface area contributed by atoms with Gasteiger partial charge in [0.15, 0.2) is 0 Å². The lowest BCUT2D eigenvalue weighted by Gasteiger charge is -2.36. The molecule has 3 heterocycles. The van der Waals surface area contributed by atoms with Crippen molar-refractivity contribution in [3.8, 4) is 0 Å². The van der Waals surface area contributed by atoms with Crippen LogP contribution < -0.4 is 16.9 Å². The van der Waals surface area contributed by atoms with Gasteiger partial charge in [0.2, 0.25) is 5.95 Å². The first-order valence-electron chi connectivity index (χ1n) is 12.4. The summed E-state index contributed by atoms with van der Waals surface area (Å²) in [4.78, 5) is 26.6. The first-order valence-corrected chi connectivity index (χ1v) is 12.4. The summed E-state index contributed by atoms with van der Waals surface area (Å²) < 4.78 is 0. The number of carbonyl (C=O) groups is 1. The summed E-state index contributed by atoms with van der Waals surface area (Å²) in [5.74, 6) is 6.13. The smallest absolute Gasteiger partial charge is 0.271 e. The maximum Gasteiger partial charge on any atom is 0.271 e. The van der Waals surface area contributed by atoms with Crippen LogP contribution in [0.4, 0.5) is 11.6 Å². The summed E-state index contributed by atoms with van der Waals surface area (Å²) in [6.45, 7) is 8.70. The van der Waals surface area contributed by atoms with Gasteiger partial charge in [-0.3, -0.25) is 9.69 Å². The topological polar surface area (TPSA) is 117 Å². The van der Waals surface area contributed by atoms with Crippen molar-refractivity contribution in [1.29, 1.82) is 0 Å². The normalized spacial score (nSPS) is 21.3. The van der Waals surface area contributed by atoms with E-state index in [2.05, 4.69) is 54.2 Å². The number of fused-ring (bicyclic) bond motifs is 1. The summed E-state index contributed by atoms with van der Waals surface area (Å²) >= 11 is 0. The highest BCUT2D eigenvalue weighted by molar-refractivity contribution is 5.92. The number of carbonyl (C=O) groups excluding carboxylic acids is 1. The first kappa shape index (κ1) is 24.9. The first-order chi connectivity index (χ1) is 16.7. The fourth-order valence-electron chi connectivity index (χ4n) is 5.23. The van der Waals surface area contributed by atoms with E-state index >= 15 is 0 Å². The van der Waals surface area contributed by atoms with Gasteiger partial charge in [-0.25, -0.2) is 15.8 Å². The lowest BCUT2D eigenvalue weighted by molar-refractivity contribution is -0.129. The Morgan fingerprint density at radius 1 is 1.17 bits per heavy atom. The van der Waals surface area contributed by atoms with Crippen LogP contribution in [0.25, 0.3) is 0 Å². The predicted octanol–water partition coefficient (Wildman–Crippen LogP) is 2.92. The van der Waals surface area contributed by atoms with Crippen molar-refractivity contribution in [3.05, 3.63) is 58.7 Å². The van der Waals surface area contributed by atoms with Crippen LogP contribution in [0.5, 0.6) is 0 Å². The fourth-order valence-corrected chi connectivity index (χ4v) is 5.23. The molecule has 1 aromatic carbocycles. The number of hydrogen-bond donors (Lipinski definition) is 3. The third-order valence-corrected chi connectivity index (χ3v) is 6.91. The number of rotatable bonds is 5. The van der Waals surface area contributed by atoms with Crippen molar-refractivity contribution in [3.63, 3.8) is 0 Å². The Balaban J connectivity index is 1.37. The van der Waals surface area contributed by atoms with Crippen LogP contribution in [0, 0.1) is 13.8 Å². The molecule has 2 aliphatic heterocycles. The molecule has 2 atom stereocenters. The molecule has 2 aromatic rings. The van der Waals surface area contributed by atoms with E-state index in [1.807, 2.05) is 11.1 Å². The second-order valence-electron chi connectivity index (χ2n) is 10.0. The van der Waals surface area contributed by atoms with E-state index in [1.165, 1.54) is 27.9 Å². The van der Waals surface area contributed by atoms with Gasteiger partial charge in [0.1, 0.15) is 5.70 Å². The third-order valence-electron chi connectivity index (χ3n) is 6.91. The van der Waals surface area contributed by atoms with Gasteiger partial charge in [0, 0.05) is 62.4 Å². The largest absolute Gasteiger partial charge is 0.393 e. The molecule has 1 amide bonds. The zero-order valence-corrected chi connectivity index (χ0v) is 21.3. The quantitative estimate of drug-likeness (QED) is 0.341. The van der Waals surface area contributed by atoms with Crippen molar-refractivity contribution in [2.75, 3.05) is 18.9 Å². The van der Waals surface area contributed by atoms with Crippen molar-refractivity contribution < 1.29 is 4.79 Å². The molecule has 35 heavy (non-hydrogen) atoms. The van der Waals surface area contributed by atoms with Crippen LogP contribution in [-0.2, 0) is 17.9 Å². The monoisotopic (exact) mass is 478 g/mol. The Bertz CT molecular complexity index is 1080. The summed E-state index contributed by atoms with van der Waals surface area (Å²) in [6, 6.07) is 6.96. The van der Waals surface area contributed by atoms with Crippen LogP contribution in [0.3, 0.4) is 0 Å². The van der Waals surface area contributed by atoms with Gasteiger partial charge < -0.3 is 21.0 Å². The molecule has 2 aliphatic rings. The molecule has 0 bridgehead atoms. The number of amides is 1. The number of nitrogens with one attached hydrogen (secondary N) is 1. The Morgan fingerprint density at radius 2 is 1.91 bits per heavy atom. The Kier molecular flexibility index (Phi) is 7.57. The summed E-state index contributed by atoms with van der Waals surface area (Å²) in [7, 11) is 1.66. The summed E-state index contributed by atoms with van der Waals surface area (Å²) in [5.41, 5.74) is 11.9. The third kappa shape index (κ3) is 6.10. The predicted molar refractivity (Wildman–Crippen MR) is 138 cm³/mol. The van der Waals surface area contributed by atoms with Crippen molar-refractivity contribution >= 4 is 17.5 Å². The minimum Gasteiger partial charge on any atom is -0.393 e. The lowest BCUT2D eigenvalue weighted by Crippen LogP contribution is -2.45. The minimum absolute atomic E-state index is 0.124. The van der Waals surface area contributed by atoms with E-state index in [0.717, 1.165) is 50.2 Å². The number of likely N-dealkylation sites (tertiary alicyclic amines) is 1. The van der Waals surface area contributed by atoms with Crippen LogP contribution in [0.15, 0.2) is 36.3 Å². The van der Waals surface area contributed by atoms with Crippen molar-refractivity contribution in [2.45, 2.75) is 71.6 Å². The molecule has 4 rings (SSSR count). The van der Waals surface area contributed by atoms with Crippen LogP contribution >= 0.6 is 0 Å². The van der Waals surface area contributed by atoms with E-state index in [4.69, 9.17) is 16.6 Å². The molecule has 0 spiro atoms.